The molecule has 4 heteroatoms. The molecule has 0 fully saturated rings. The molecule has 2 aromatic carbocycles. The quantitative estimate of drug-likeness (QED) is 0.570. The highest BCUT2D eigenvalue weighted by atomic mass is 14.9. The molecule has 0 aliphatic heterocycles. The molecule has 0 atom stereocenters. The number of hydrogen-bond acceptors (Lipinski definition) is 3. The first-order chi connectivity index (χ1) is 9.81. The van der Waals surface area contributed by atoms with Gasteiger partial charge in [-0.25, -0.2) is 4.98 Å². The van der Waals surface area contributed by atoms with Crippen molar-refractivity contribution in [3.05, 3.63) is 54.4 Å². The molecule has 0 aliphatic rings. The number of nitrogens with zero attached hydrogens (tertiary/aromatic N) is 3. The molecular weight excluding hydrogens is 248 g/mol. The lowest BCUT2D eigenvalue weighted by atomic mass is 10.2. The zero-order valence-corrected chi connectivity index (χ0v) is 11.0. The van der Waals surface area contributed by atoms with Crippen LogP contribution in [0.15, 0.2) is 48.8 Å². The lowest BCUT2D eigenvalue weighted by Gasteiger charge is -1.99. The van der Waals surface area contributed by atoms with Crippen molar-refractivity contribution >= 4 is 22.1 Å². The van der Waals surface area contributed by atoms with Crippen molar-refractivity contribution in [3.63, 3.8) is 0 Å². The van der Waals surface area contributed by atoms with Gasteiger partial charge in [-0.05, 0) is 36.8 Å². The van der Waals surface area contributed by atoms with Crippen LogP contribution in [0.5, 0.6) is 0 Å². The first kappa shape index (κ1) is 11.1. The fourth-order valence-corrected chi connectivity index (χ4v) is 2.42. The van der Waals surface area contributed by atoms with Crippen molar-refractivity contribution in [2.24, 2.45) is 0 Å². The maximum atomic E-state index is 4.69. The van der Waals surface area contributed by atoms with Gasteiger partial charge in [0.25, 0.3) is 0 Å². The van der Waals surface area contributed by atoms with E-state index in [0.717, 1.165) is 33.5 Å². The predicted molar refractivity (Wildman–Crippen MR) is 79.4 cm³/mol. The number of imidazole rings is 1. The molecule has 4 rings (SSSR count). The number of hydrogen-bond donors (Lipinski definition) is 1. The molecule has 96 valence electrons. The van der Waals surface area contributed by atoms with E-state index >= 15 is 0 Å². The monoisotopic (exact) mass is 260 g/mol. The molecule has 0 saturated heterocycles. The van der Waals surface area contributed by atoms with E-state index in [0.29, 0.717) is 0 Å². The number of aryl methyl sites for hydroxylation is 1. The first-order valence-corrected chi connectivity index (χ1v) is 6.48. The van der Waals surface area contributed by atoms with Crippen molar-refractivity contribution in [2.75, 3.05) is 0 Å². The normalized spacial score (nSPS) is 11.2. The Morgan fingerprint density at radius 2 is 1.80 bits per heavy atom. The lowest BCUT2D eigenvalue weighted by Crippen LogP contribution is -1.85. The number of nitrogens with one attached hydrogen (secondary N) is 1. The van der Waals surface area contributed by atoms with Crippen LogP contribution in [0.2, 0.25) is 0 Å². The van der Waals surface area contributed by atoms with Crippen LogP contribution in [0.3, 0.4) is 0 Å². The third-order valence-corrected chi connectivity index (χ3v) is 3.46. The minimum atomic E-state index is 0.863. The van der Waals surface area contributed by atoms with Crippen molar-refractivity contribution in [2.45, 2.75) is 6.92 Å². The molecule has 2 heterocycles. The zero-order valence-electron chi connectivity index (χ0n) is 11.0. The highest BCUT2D eigenvalue weighted by Crippen LogP contribution is 2.24. The van der Waals surface area contributed by atoms with Crippen molar-refractivity contribution in [1.29, 1.82) is 0 Å². The van der Waals surface area contributed by atoms with Gasteiger partial charge in [0.05, 0.1) is 22.1 Å². The van der Waals surface area contributed by atoms with Crippen LogP contribution in [0.1, 0.15) is 5.56 Å². The van der Waals surface area contributed by atoms with Gasteiger partial charge >= 0.3 is 0 Å². The fraction of sp³-hybridized carbons (Fsp3) is 0.0625. The zero-order chi connectivity index (χ0) is 13.5. The van der Waals surface area contributed by atoms with Crippen LogP contribution in [0.25, 0.3) is 33.5 Å². The highest BCUT2D eigenvalue weighted by molar-refractivity contribution is 5.85. The summed E-state index contributed by atoms with van der Waals surface area (Å²) in [5, 5.41) is 0. The smallest absolute Gasteiger partial charge is 0.138 e. The Balaban J connectivity index is 1.94. The van der Waals surface area contributed by atoms with E-state index < -0.39 is 0 Å². The van der Waals surface area contributed by atoms with E-state index in [4.69, 9.17) is 0 Å². The van der Waals surface area contributed by atoms with E-state index in [-0.39, 0.29) is 0 Å². The molecule has 0 aliphatic carbocycles. The summed E-state index contributed by atoms with van der Waals surface area (Å²) in [5.41, 5.74) is 6.03. The van der Waals surface area contributed by atoms with Gasteiger partial charge in [0.1, 0.15) is 5.82 Å². The van der Waals surface area contributed by atoms with Crippen molar-refractivity contribution in [1.82, 2.24) is 19.9 Å². The highest BCUT2D eigenvalue weighted by Gasteiger charge is 2.07. The molecule has 0 spiro atoms. The largest absolute Gasteiger partial charge is 0.338 e. The molecule has 4 nitrogen and oxygen atoms in total. The van der Waals surface area contributed by atoms with Gasteiger partial charge in [-0.2, -0.15) is 0 Å². The molecule has 0 saturated carbocycles. The molecular formula is C16H12N4. The molecule has 2 aromatic heterocycles. The SMILES string of the molecule is Cc1cccc2[nH]c(-c3ccc4nccnc4c3)nc12. The average molecular weight is 260 g/mol. The third-order valence-electron chi connectivity index (χ3n) is 3.46. The standard InChI is InChI=1S/C16H12N4/c1-10-3-2-4-13-15(10)20-16(19-13)11-5-6-12-14(9-11)18-8-7-17-12/h2-9H,1H3,(H,19,20). The van der Waals surface area contributed by atoms with Gasteiger partial charge in [-0.15, -0.1) is 0 Å². The van der Waals surface area contributed by atoms with Gasteiger partial charge < -0.3 is 4.98 Å². The van der Waals surface area contributed by atoms with Gasteiger partial charge in [-0.3, -0.25) is 9.97 Å². The number of aromatic amines is 1. The molecule has 4 aromatic rings. The fourth-order valence-electron chi connectivity index (χ4n) is 2.42. The van der Waals surface area contributed by atoms with E-state index in [1.165, 1.54) is 5.56 Å². The second-order valence-electron chi connectivity index (χ2n) is 4.82. The third kappa shape index (κ3) is 1.66. The van der Waals surface area contributed by atoms with Crippen LogP contribution in [-0.2, 0) is 0 Å². The molecule has 1 N–H and O–H groups in total. The summed E-state index contributed by atoms with van der Waals surface area (Å²) in [4.78, 5) is 16.7. The molecule has 0 radical (unpaired) electrons. The molecule has 20 heavy (non-hydrogen) atoms. The van der Waals surface area contributed by atoms with Crippen LogP contribution in [0, 0.1) is 6.92 Å². The van der Waals surface area contributed by atoms with Gasteiger partial charge in [0, 0.05) is 18.0 Å². The minimum Gasteiger partial charge on any atom is -0.338 e. The number of H-pyrrole nitrogens is 1. The van der Waals surface area contributed by atoms with Crippen LogP contribution in [0.4, 0.5) is 0 Å². The summed E-state index contributed by atoms with van der Waals surface area (Å²) in [7, 11) is 0. The Bertz CT molecular complexity index is 924. The number of benzene rings is 2. The number of aromatic nitrogens is 4. The summed E-state index contributed by atoms with van der Waals surface area (Å²) in [6.45, 7) is 2.07. The summed E-state index contributed by atoms with van der Waals surface area (Å²) in [6.07, 6.45) is 3.40. The number of rotatable bonds is 1. The van der Waals surface area contributed by atoms with Gasteiger partial charge in [-0.1, -0.05) is 12.1 Å². The summed E-state index contributed by atoms with van der Waals surface area (Å²) >= 11 is 0. The Morgan fingerprint density at radius 1 is 0.950 bits per heavy atom. The van der Waals surface area contributed by atoms with Crippen molar-refractivity contribution in [3.8, 4) is 11.4 Å². The van der Waals surface area contributed by atoms with E-state index in [1.54, 1.807) is 12.4 Å². The Hall–Kier alpha value is -2.75. The predicted octanol–water partition coefficient (Wildman–Crippen LogP) is 3.48. The van der Waals surface area contributed by atoms with Crippen LogP contribution in [-0.4, -0.2) is 19.9 Å². The van der Waals surface area contributed by atoms with Gasteiger partial charge in [0.15, 0.2) is 0 Å². The van der Waals surface area contributed by atoms with E-state index in [9.17, 15) is 0 Å². The lowest BCUT2D eigenvalue weighted by molar-refractivity contribution is 1.28. The topological polar surface area (TPSA) is 54.5 Å². The summed E-state index contributed by atoms with van der Waals surface area (Å²) < 4.78 is 0. The Morgan fingerprint density at radius 3 is 2.65 bits per heavy atom. The van der Waals surface area contributed by atoms with Crippen LogP contribution >= 0.6 is 0 Å². The maximum absolute atomic E-state index is 4.69. The van der Waals surface area contributed by atoms with E-state index in [1.807, 2.05) is 30.3 Å². The first-order valence-electron chi connectivity index (χ1n) is 6.48. The average Bonchev–Trinajstić information content (AvgIpc) is 2.92. The summed E-state index contributed by atoms with van der Waals surface area (Å²) in [5.74, 6) is 0.863. The van der Waals surface area contributed by atoms with Crippen LogP contribution < -0.4 is 0 Å². The minimum absolute atomic E-state index is 0.863. The molecule has 0 unspecified atom stereocenters. The second-order valence-corrected chi connectivity index (χ2v) is 4.82. The molecule has 0 amide bonds. The van der Waals surface area contributed by atoms with Crippen molar-refractivity contribution < 1.29 is 0 Å². The maximum Gasteiger partial charge on any atom is 0.138 e. The van der Waals surface area contributed by atoms with Gasteiger partial charge in [0.2, 0.25) is 0 Å². The number of para-hydroxylation sites is 1. The Labute approximate surface area is 115 Å². The second kappa shape index (κ2) is 4.13. The summed E-state index contributed by atoms with van der Waals surface area (Å²) in [6, 6.07) is 12.1. The molecule has 0 bridgehead atoms. The number of fused-ring (bicyclic) bond motifs is 2. The van der Waals surface area contributed by atoms with E-state index in [2.05, 4.69) is 32.9 Å². The Kier molecular flexibility index (Phi) is 2.29.